The number of benzene rings is 2. The number of aliphatic carboxylic acids is 1. The predicted octanol–water partition coefficient (Wildman–Crippen LogP) is 4.55. The van der Waals surface area contributed by atoms with E-state index in [0.717, 1.165) is 32.1 Å². The first kappa shape index (κ1) is 23.4. The van der Waals surface area contributed by atoms with E-state index in [1.165, 1.54) is 22.3 Å². The van der Waals surface area contributed by atoms with Crippen LogP contribution >= 0.6 is 0 Å². The first-order valence-electron chi connectivity index (χ1n) is 12.7. The average molecular weight is 477 g/mol. The second-order valence-corrected chi connectivity index (χ2v) is 9.91. The molecule has 1 saturated carbocycles. The van der Waals surface area contributed by atoms with Crippen LogP contribution in [0, 0.1) is 5.92 Å². The van der Waals surface area contributed by atoms with E-state index in [4.69, 9.17) is 4.74 Å². The van der Waals surface area contributed by atoms with E-state index in [1.54, 1.807) is 4.90 Å². The van der Waals surface area contributed by atoms with Gasteiger partial charge in [-0.15, -0.1) is 0 Å². The highest BCUT2D eigenvalue weighted by Gasteiger charge is 2.38. The number of carbonyl (C=O) groups is 3. The van der Waals surface area contributed by atoms with Crippen molar-refractivity contribution >= 4 is 18.0 Å². The lowest BCUT2D eigenvalue weighted by atomic mass is 9.84. The maximum absolute atomic E-state index is 13.2. The highest BCUT2D eigenvalue weighted by molar-refractivity contribution is 5.85. The molecule has 7 heteroatoms. The molecule has 1 saturated heterocycles. The number of piperidine rings is 1. The highest BCUT2D eigenvalue weighted by Crippen LogP contribution is 2.44. The van der Waals surface area contributed by atoms with Gasteiger partial charge in [0.15, 0.2) is 0 Å². The monoisotopic (exact) mass is 476 g/mol. The minimum absolute atomic E-state index is 0.000820. The lowest BCUT2D eigenvalue weighted by molar-refractivity contribution is -0.154. The number of amides is 2. The van der Waals surface area contributed by atoms with Crippen LogP contribution in [0.4, 0.5) is 4.79 Å². The van der Waals surface area contributed by atoms with E-state index in [0.29, 0.717) is 19.4 Å². The molecule has 0 bridgehead atoms. The van der Waals surface area contributed by atoms with Crippen molar-refractivity contribution in [3.8, 4) is 11.1 Å². The first-order chi connectivity index (χ1) is 17.0. The van der Waals surface area contributed by atoms with Gasteiger partial charge in [-0.1, -0.05) is 55.0 Å². The molecule has 3 atom stereocenters. The molecule has 3 aliphatic rings. The van der Waals surface area contributed by atoms with Crippen molar-refractivity contribution in [3.05, 3.63) is 59.7 Å². The van der Waals surface area contributed by atoms with E-state index in [2.05, 4.69) is 29.6 Å². The van der Waals surface area contributed by atoms with Crippen LogP contribution in [0.15, 0.2) is 48.5 Å². The lowest BCUT2D eigenvalue weighted by Crippen LogP contribution is -2.51. The average Bonchev–Trinajstić information content (AvgIpc) is 3.21. The van der Waals surface area contributed by atoms with Crippen molar-refractivity contribution < 1.29 is 24.2 Å². The number of nitrogens with one attached hydrogen (secondary N) is 1. The molecule has 2 aromatic carbocycles. The molecule has 2 aliphatic carbocycles. The van der Waals surface area contributed by atoms with E-state index >= 15 is 0 Å². The summed E-state index contributed by atoms with van der Waals surface area (Å²) < 4.78 is 5.68. The zero-order valence-corrected chi connectivity index (χ0v) is 19.8. The summed E-state index contributed by atoms with van der Waals surface area (Å²) in [6, 6.07) is 15.6. The van der Waals surface area contributed by atoms with Crippen molar-refractivity contribution in [2.75, 3.05) is 13.2 Å². The SMILES string of the molecule is O=C(N[C@H]1CCC[C@@H](C(=O)N2CCCC[C@H]2C(=O)O)C1)OCC1c2ccccc2-c2ccccc21. The van der Waals surface area contributed by atoms with Crippen LogP contribution in [0.1, 0.15) is 62.0 Å². The van der Waals surface area contributed by atoms with Crippen LogP contribution in [-0.2, 0) is 14.3 Å². The summed E-state index contributed by atoms with van der Waals surface area (Å²) >= 11 is 0. The van der Waals surface area contributed by atoms with Gasteiger partial charge in [0, 0.05) is 24.4 Å². The molecule has 184 valence electrons. The molecule has 0 spiro atoms. The number of hydrogen-bond donors (Lipinski definition) is 2. The van der Waals surface area contributed by atoms with Gasteiger partial charge in [0.05, 0.1) is 0 Å². The molecule has 1 heterocycles. The van der Waals surface area contributed by atoms with E-state index in [9.17, 15) is 19.5 Å². The maximum atomic E-state index is 13.2. The van der Waals surface area contributed by atoms with Gasteiger partial charge in [-0.25, -0.2) is 9.59 Å². The molecular weight excluding hydrogens is 444 g/mol. The second-order valence-electron chi connectivity index (χ2n) is 9.91. The quantitative estimate of drug-likeness (QED) is 0.660. The van der Waals surface area contributed by atoms with Gasteiger partial charge in [0.25, 0.3) is 0 Å². The van der Waals surface area contributed by atoms with Crippen LogP contribution in [0.3, 0.4) is 0 Å². The molecule has 35 heavy (non-hydrogen) atoms. The van der Waals surface area contributed by atoms with Crippen LogP contribution in [0.5, 0.6) is 0 Å². The third kappa shape index (κ3) is 4.77. The Balaban J connectivity index is 1.18. The van der Waals surface area contributed by atoms with Gasteiger partial charge in [-0.2, -0.15) is 0 Å². The number of likely N-dealkylation sites (tertiary alicyclic amines) is 1. The third-order valence-corrected chi connectivity index (χ3v) is 7.76. The number of hydrogen-bond acceptors (Lipinski definition) is 4. The minimum Gasteiger partial charge on any atom is -0.480 e. The number of nitrogens with zero attached hydrogens (tertiary/aromatic N) is 1. The zero-order chi connectivity index (χ0) is 24.4. The maximum Gasteiger partial charge on any atom is 0.407 e. The molecule has 1 aliphatic heterocycles. The van der Waals surface area contributed by atoms with Gasteiger partial charge in [0.2, 0.25) is 5.91 Å². The molecule has 0 radical (unpaired) electrons. The fourth-order valence-corrected chi connectivity index (χ4v) is 6.04. The normalized spacial score (nSPS) is 23.8. The van der Waals surface area contributed by atoms with E-state index in [-0.39, 0.29) is 30.4 Å². The highest BCUT2D eigenvalue weighted by atomic mass is 16.5. The van der Waals surface area contributed by atoms with Gasteiger partial charge < -0.3 is 20.1 Å². The summed E-state index contributed by atoms with van der Waals surface area (Å²) in [4.78, 5) is 39.0. The van der Waals surface area contributed by atoms with Crippen molar-refractivity contribution in [1.82, 2.24) is 10.2 Å². The summed E-state index contributed by atoms with van der Waals surface area (Å²) in [6.07, 6.45) is 4.56. The summed E-state index contributed by atoms with van der Waals surface area (Å²) in [5, 5.41) is 12.5. The third-order valence-electron chi connectivity index (χ3n) is 7.76. The second kappa shape index (κ2) is 10.1. The largest absolute Gasteiger partial charge is 0.480 e. The molecule has 2 aromatic rings. The minimum atomic E-state index is -0.929. The molecule has 2 amide bonds. The van der Waals surface area contributed by atoms with Gasteiger partial charge in [-0.05, 0) is 60.8 Å². The first-order valence-corrected chi connectivity index (χ1v) is 12.7. The number of ether oxygens (including phenoxy) is 1. The number of carboxylic acids is 1. The van der Waals surface area contributed by atoms with Crippen LogP contribution in [0.2, 0.25) is 0 Å². The Morgan fingerprint density at radius 3 is 2.29 bits per heavy atom. The van der Waals surface area contributed by atoms with Crippen molar-refractivity contribution in [2.24, 2.45) is 5.92 Å². The van der Waals surface area contributed by atoms with E-state index < -0.39 is 18.1 Å². The number of fused-ring (bicyclic) bond motifs is 3. The molecule has 2 fully saturated rings. The molecule has 5 rings (SSSR count). The summed E-state index contributed by atoms with van der Waals surface area (Å²) in [7, 11) is 0. The fraction of sp³-hybridized carbons (Fsp3) is 0.464. The Bertz CT molecular complexity index is 1070. The molecule has 0 unspecified atom stereocenters. The fourth-order valence-electron chi connectivity index (χ4n) is 6.04. The topological polar surface area (TPSA) is 95.9 Å². The predicted molar refractivity (Wildman–Crippen MR) is 131 cm³/mol. The number of alkyl carbamates (subject to hydrolysis) is 1. The number of carbonyl (C=O) groups excluding carboxylic acids is 2. The van der Waals surface area contributed by atoms with Gasteiger partial charge in [0.1, 0.15) is 12.6 Å². The Morgan fingerprint density at radius 1 is 0.914 bits per heavy atom. The summed E-state index contributed by atoms with van der Waals surface area (Å²) in [5.41, 5.74) is 4.70. The van der Waals surface area contributed by atoms with Gasteiger partial charge >= 0.3 is 12.1 Å². The Hall–Kier alpha value is -3.35. The van der Waals surface area contributed by atoms with Crippen LogP contribution in [-0.4, -0.2) is 53.2 Å². The van der Waals surface area contributed by atoms with Crippen molar-refractivity contribution in [1.29, 1.82) is 0 Å². The Kier molecular flexibility index (Phi) is 6.75. The number of rotatable bonds is 5. The van der Waals surface area contributed by atoms with Gasteiger partial charge in [-0.3, -0.25) is 4.79 Å². The zero-order valence-electron chi connectivity index (χ0n) is 19.8. The Morgan fingerprint density at radius 2 is 1.60 bits per heavy atom. The molecular formula is C28H32N2O5. The van der Waals surface area contributed by atoms with Crippen LogP contribution < -0.4 is 5.32 Å². The standard InChI is InChI=1S/C28H32N2O5/c31-26(30-15-6-5-14-25(30)27(32)33)18-8-7-9-19(16-18)29-28(34)35-17-24-22-12-3-1-10-20(22)21-11-2-4-13-23(21)24/h1-4,10-13,18-19,24-25H,5-9,14-17H2,(H,29,34)(H,32,33)/t18-,19+,25+/m1/s1. The van der Waals surface area contributed by atoms with Crippen molar-refractivity contribution in [2.45, 2.75) is 62.9 Å². The van der Waals surface area contributed by atoms with E-state index in [1.807, 2.05) is 24.3 Å². The lowest BCUT2D eigenvalue weighted by Gasteiger charge is -2.37. The smallest absolute Gasteiger partial charge is 0.407 e. The summed E-state index contributed by atoms with van der Waals surface area (Å²) in [6.45, 7) is 0.750. The Labute approximate surface area is 205 Å². The molecule has 0 aromatic heterocycles. The molecule has 2 N–H and O–H groups in total. The summed E-state index contributed by atoms with van der Waals surface area (Å²) in [5.74, 6) is -1.28. The van der Waals surface area contributed by atoms with Crippen LogP contribution in [0.25, 0.3) is 11.1 Å². The number of carboxylic acid groups (broad SMARTS) is 1. The molecule has 7 nitrogen and oxygen atoms in total. The van der Waals surface area contributed by atoms with Crippen molar-refractivity contribution in [3.63, 3.8) is 0 Å².